The van der Waals surface area contributed by atoms with Crippen LogP contribution in [0.1, 0.15) is 0 Å². The molecular weight excluding hydrogens is 674 g/mol. The number of nitrogens with zero attached hydrogens (tertiary/aromatic N) is 4. The van der Waals surface area contributed by atoms with E-state index in [2.05, 4.69) is 4.57 Å². The molecule has 1 aromatic heterocycles. The average molecular weight is 705 g/mol. The molecule has 0 spiro atoms. The number of sulfonamides is 2. The highest BCUT2D eigenvalue weighted by atomic mass is 32.3. The van der Waals surface area contributed by atoms with Gasteiger partial charge < -0.3 is 27.8 Å². The van der Waals surface area contributed by atoms with Crippen LogP contribution in [-0.2, 0) is 52.6 Å². The fourth-order valence-corrected chi connectivity index (χ4v) is 4.37. The molecule has 0 radical (unpaired) electrons. The molecule has 0 aliphatic heterocycles. The van der Waals surface area contributed by atoms with E-state index in [-0.39, 0.29) is 5.69 Å². The molecule has 0 bridgehead atoms. The molecule has 2 aromatic rings. The maximum absolute atomic E-state index is 11.4. The van der Waals surface area contributed by atoms with E-state index in [1.165, 1.54) is 12.1 Å². The molecule has 0 fully saturated rings. The van der Waals surface area contributed by atoms with E-state index in [1.54, 1.807) is 12.1 Å². The third-order valence-electron chi connectivity index (χ3n) is 4.76. The van der Waals surface area contributed by atoms with Crippen LogP contribution in [0, 0.1) is 10.1 Å². The van der Waals surface area contributed by atoms with Crippen molar-refractivity contribution < 1.29 is 76.4 Å². The minimum atomic E-state index is -6.72. The van der Waals surface area contributed by atoms with Gasteiger partial charge in [0.1, 0.15) is 31.3 Å². The monoisotopic (exact) mass is 704 g/mol. The van der Waals surface area contributed by atoms with Gasteiger partial charge in [0, 0.05) is 12.1 Å². The van der Waals surface area contributed by atoms with Crippen molar-refractivity contribution in [3.8, 4) is 5.75 Å². The molecule has 1 heterocycles. The standard InChI is InChI=1S/C20H30N3O7.C2F6NO4S2/c1-21-6-7-22(18-21)8-9-26-10-11-27-12-13-28-14-15-29-16-17-30-20-4-2-19(3-5-20)23(24)25;3-1(4,5)14(10,11)9-15(12,13)2(6,7)8/h2-7,18H,8-17H2,1H3;/q+1;-1. The van der Waals surface area contributed by atoms with E-state index in [9.17, 15) is 53.3 Å². The van der Waals surface area contributed by atoms with E-state index in [4.69, 9.17) is 23.7 Å². The van der Waals surface area contributed by atoms with Crippen molar-refractivity contribution in [3.63, 3.8) is 0 Å². The number of hydrogen-bond acceptors (Lipinski definition) is 11. The van der Waals surface area contributed by atoms with E-state index < -0.39 is 36.0 Å². The number of non-ortho nitro benzene ring substituents is 1. The summed E-state index contributed by atoms with van der Waals surface area (Å²) in [6, 6.07) is 5.94. The summed E-state index contributed by atoms with van der Waals surface area (Å²) >= 11 is 0. The summed E-state index contributed by atoms with van der Waals surface area (Å²) in [6.07, 6.45) is 6.00. The van der Waals surface area contributed by atoms with Crippen LogP contribution in [0.15, 0.2) is 43.0 Å². The molecule has 0 N–H and O–H groups in total. The molecule has 15 nitrogen and oxygen atoms in total. The summed E-state index contributed by atoms with van der Waals surface area (Å²) in [6.45, 7) is 5.31. The van der Waals surface area contributed by atoms with Gasteiger partial charge in [0.2, 0.25) is 6.33 Å². The molecule has 0 unspecified atom stereocenters. The molecule has 258 valence electrons. The van der Waals surface area contributed by atoms with Crippen LogP contribution in [0.3, 0.4) is 0 Å². The Morgan fingerprint density at radius 3 is 1.58 bits per heavy atom. The lowest BCUT2D eigenvalue weighted by Crippen LogP contribution is -2.30. The topological polar surface area (TPSA) is 180 Å². The normalized spacial score (nSPS) is 12.4. The number of nitro groups is 1. The van der Waals surface area contributed by atoms with Crippen molar-refractivity contribution in [2.75, 3.05) is 59.5 Å². The van der Waals surface area contributed by atoms with Gasteiger partial charge in [-0.05, 0) is 12.1 Å². The van der Waals surface area contributed by atoms with Crippen molar-refractivity contribution in [1.82, 2.24) is 4.57 Å². The number of halogens is 6. The lowest BCUT2D eigenvalue weighted by Gasteiger charge is -2.22. The number of aryl methyl sites for hydroxylation is 1. The van der Waals surface area contributed by atoms with Gasteiger partial charge in [-0.2, -0.15) is 26.3 Å². The van der Waals surface area contributed by atoms with Crippen LogP contribution in [0.5, 0.6) is 5.75 Å². The number of hydrogen-bond donors (Lipinski definition) is 0. The highest BCUT2D eigenvalue weighted by Gasteiger charge is 2.46. The fraction of sp³-hybridized carbons (Fsp3) is 0.591. The van der Waals surface area contributed by atoms with E-state index in [0.29, 0.717) is 65.2 Å². The zero-order valence-corrected chi connectivity index (χ0v) is 25.1. The highest BCUT2D eigenvalue weighted by Crippen LogP contribution is 2.36. The maximum atomic E-state index is 11.4. The Hall–Kier alpha value is -3.09. The Labute approximate surface area is 253 Å². The molecule has 0 saturated carbocycles. The summed E-state index contributed by atoms with van der Waals surface area (Å²) < 4.78 is 140. The van der Waals surface area contributed by atoms with E-state index >= 15 is 0 Å². The molecule has 0 aliphatic rings. The first-order valence-corrected chi connectivity index (χ1v) is 15.3. The smallest absolute Gasteiger partial charge is 0.480 e. The van der Waals surface area contributed by atoms with Gasteiger partial charge in [-0.15, -0.1) is 0 Å². The van der Waals surface area contributed by atoms with Crippen LogP contribution in [0.25, 0.3) is 4.13 Å². The number of benzene rings is 1. The van der Waals surface area contributed by atoms with Gasteiger partial charge >= 0.3 is 11.0 Å². The largest absolute Gasteiger partial charge is 0.491 e. The Morgan fingerprint density at radius 1 is 0.778 bits per heavy atom. The van der Waals surface area contributed by atoms with Crippen LogP contribution in [0.2, 0.25) is 0 Å². The van der Waals surface area contributed by atoms with E-state index in [0.717, 1.165) is 10.7 Å². The summed E-state index contributed by atoms with van der Waals surface area (Å²) in [5.41, 5.74) is -12.4. The number of aromatic nitrogens is 2. The number of nitro benzene ring substituents is 1. The van der Waals surface area contributed by atoms with Crippen molar-refractivity contribution in [3.05, 3.63) is 57.2 Å². The van der Waals surface area contributed by atoms with Gasteiger partial charge in [-0.1, -0.05) is 0 Å². The van der Waals surface area contributed by atoms with Gasteiger partial charge in [0.25, 0.3) is 5.69 Å². The second-order valence-electron chi connectivity index (χ2n) is 8.28. The lowest BCUT2D eigenvalue weighted by molar-refractivity contribution is -0.671. The zero-order chi connectivity index (χ0) is 34.2. The highest BCUT2D eigenvalue weighted by molar-refractivity contribution is 8.13. The van der Waals surface area contributed by atoms with Crippen molar-refractivity contribution in [2.45, 2.75) is 17.6 Å². The van der Waals surface area contributed by atoms with Crippen molar-refractivity contribution in [2.24, 2.45) is 7.05 Å². The Balaban J connectivity index is 0.000000570. The number of rotatable bonds is 19. The van der Waals surface area contributed by atoms with Crippen molar-refractivity contribution >= 4 is 25.7 Å². The number of ether oxygens (including phenoxy) is 5. The Bertz CT molecular complexity index is 1330. The zero-order valence-electron chi connectivity index (χ0n) is 23.5. The first kappa shape index (κ1) is 39.9. The van der Waals surface area contributed by atoms with E-state index in [1.807, 2.05) is 30.3 Å². The minimum Gasteiger partial charge on any atom is -0.491 e. The van der Waals surface area contributed by atoms with Gasteiger partial charge in [0.05, 0.1) is 64.8 Å². The molecule has 45 heavy (non-hydrogen) atoms. The molecule has 0 atom stereocenters. The first-order valence-electron chi connectivity index (χ1n) is 12.4. The molecule has 2 rings (SSSR count). The van der Waals surface area contributed by atoms with Crippen LogP contribution in [0.4, 0.5) is 32.0 Å². The second kappa shape index (κ2) is 18.8. The van der Waals surface area contributed by atoms with Crippen LogP contribution >= 0.6 is 0 Å². The van der Waals surface area contributed by atoms with Crippen LogP contribution in [-0.4, -0.2) is 96.8 Å². The molecule has 0 aliphatic carbocycles. The van der Waals surface area contributed by atoms with Crippen LogP contribution < -0.4 is 9.30 Å². The molecular formula is C22H30F6N4O11S2. The Morgan fingerprint density at radius 2 is 1.20 bits per heavy atom. The quantitative estimate of drug-likeness (QED) is 0.0689. The molecule has 0 amide bonds. The average Bonchev–Trinajstić information content (AvgIpc) is 3.34. The molecule has 1 aromatic carbocycles. The molecule has 23 heteroatoms. The van der Waals surface area contributed by atoms with Gasteiger partial charge in [-0.3, -0.25) is 10.1 Å². The maximum Gasteiger partial charge on any atom is 0.480 e. The van der Waals surface area contributed by atoms with Gasteiger partial charge in [-0.25, -0.2) is 26.0 Å². The van der Waals surface area contributed by atoms with Gasteiger partial charge in [0.15, 0.2) is 20.0 Å². The summed E-state index contributed by atoms with van der Waals surface area (Å²) in [4.78, 5) is 10.1. The molecule has 0 saturated heterocycles. The predicted octanol–water partition coefficient (Wildman–Crippen LogP) is 2.43. The summed E-state index contributed by atoms with van der Waals surface area (Å²) in [5.74, 6) is 0.570. The van der Waals surface area contributed by atoms with Crippen molar-refractivity contribution in [1.29, 1.82) is 0 Å². The third kappa shape index (κ3) is 16.2. The minimum absolute atomic E-state index is 0.0365. The first-order chi connectivity index (χ1) is 20.9. The summed E-state index contributed by atoms with van der Waals surface area (Å²) in [7, 11) is -11.5. The number of imidazole rings is 1. The summed E-state index contributed by atoms with van der Waals surface area (Å²) in [5, 5.41) is 10.6. The lowest BCUT2D eigenvalue weighted by atomic mass is 10.3. The Kier molecular flexibility index (Phi) is 16.7. The third-order valence-corrected chi connectivity index (χ3v) is 7.50. The predicted molar refractivity (Wildman–Crippen MR) is 141 cm³/mol. The second-order valence-corrected chi connectivity index (χ2v) is 11.7. The SMILES string of the molecule is C[n+]1ccn(CCOCCOCCOCCOCCOc2ccc([N+](=O)[O-])cc2)c1.O=S(=O)([N-]S(=O)(=O)C(F)(F)F)C(F)(F)F. The fourth-order valence-electron chi connectivity index (χ4n) is 2.66. The number of alkyl halides is 6.